The molecule has 0 saturated carbocycles. The van der Waals surface area contributed by atoms with Gasteiger partial charge in [-0.1, -0.05) is 0 Å². The first-order valence-electron chi connectivity index (χ1n) is 7.20. The van der Waals surface area contributed by atoms with Crippen LogP contribution in [0.5, 0.6) is 0 Å². The van der Waals surface area contributed by atoms with Crippen LogP contribution in [0.2, 0.25) is 0 Å². The first-order valence-corrected chi connectivity index (χ1v) is 7.20. The first kappa shape index (κ1) is 15.3. The highest BCUT2D eigenvalue weighted by atomic mass is 16.3. The molecule has 2 aromatic rings. The van der Waals surface area contributed by atoms with Crippen molar-refractivity contribution in [2.75, 3.05) is 30.4 Å². The van der Waals surface area contributed by atoms with E-state index < -0.39 is 0 Å². The second-order valence-electron chi connectivity index (χ2n) is 5.18. The Bertz CT molecular complexity index is 511. The maximum Gasteiger partial charge on any atom is 0.137 e. The number of aryl methyl sites for hydroxylation is 1. The SMILES string of the molecule is CC(CCn1cncn1)Nc1ccc(N(C)CCO)cc1. The normalized spacial score (nSPS) is 12.1. The van der Waals surface area contributed by atoms with Crippen LogP contribution < -0.4 is 10.2 Å². The molecule has 1 atom stereocenters. The van der Waals surface area contributed by atoms with Gasteiger partial charge in [-0.15, -0.1) is 0 Å². The van der Waals surface area contributed by atoms with Gasteiger partial charge >= 0.3 is 0 Å². The fraction of sp³-hybridized carbons (Fsp3) is 0.467. The molecule has 21 heavy (non-hydrogen) atoms. The van der Waals surface area contributed by atoms with Crippen LogP contribution in [0, 0.1) is 0 Å². The molecular weight excluding hydrogens is 266 g/mol. The monoisotopic (exact) mass is 289 g/mol. The van der Waals surface area contributed by atoms with Crippen molar-refractivity contribution in [2.24, 2.45) is 0 Å². The molecular formula is C15H23N5O. The highest BCUT2D eigenvalue weighted by molar-refractivity contribution is 5.55. The molecule has 1 heterocycles. The van der Waals surface area contributed by atoms with E-state index in [1.54, 1.807) is 12.7 Å². The third-order valence-corrected chi connectivity index (χ3v) is 3.41. The van der Waals surface area contributed by atoms with E-state index in [0.717, 1.165) is 24.3 Å². The van der Waals surface area contributed by atoms with Gasteiger partial charge < -0.3 is 15.3 Å². The second-order valence-corrected chi connectivity index (χ2v) is 5.18. The van der Waals surface area contributed by atoms with Crippen LogP contribution in [0.4, 0.5) is 11.4 Å². The van der Waals surface area contributed by atoms with Gasteiger partial charge in [-0.25, -0.2) is 4.98 Å². The molecule has 0 aliphatic rings. The lowest BCUT2D eigenvalue weighted by Crippen LogP contribution is -2.21. The highest BCUT2D eigenvalue weighted by Crippen LogP contribution is 2.17. The number of nitrogens with zero attached hydrogens (tertiary/aromatic N) is 4. The largest absolute Gasteiger partial charge is 0.395 e. The smallest absolute Gasteiger partial charge is 0.137 e. The Morgan fingerprint density at radius 1 is 1.33 bits per heavy atom. The Hall–Kier alpha value is -2.08. The summed E-state index contributed by atoms with van der Waals surface area (Å²) >= 11 is 0. The molecule has 6 heteroatoms. The van der Waals surface area contributed by atoms with Crippen molar-refractivity contribution >= 4 is 11.4 Å². The molecule has 0 aliphatic heterocycles. The van der Waals surface area contributed by atoms with Crippen molar-refractivity contribution < 1.29 is 5.11 Å². The van der Waals surface area contributed by atoms with E-state index in [0.29, 0.717) is 12.6 Å². The van der Waals surface area contributed by atoms with Crippen molar-refractivity contribution in [1.29, 1.82) is 0 Å². The maximum atomic E-state index is 8.94. The fourth-order valence-corrected chi connectivity index (χ4v) is 2.12. The van der Waals surface area contributed by atoms with Crippen molar-refractivity contribution in [3.63, 3.8) is 0 Å². The fourth-order valence-electron chi connectivity index (χ4n) is 2.12. The molecule has 0 bridgehead atoms. The Kier molecular flexibility index (Phi) is 5.57. The van der Waals surface area contributed by atoms with Gasteiger partial charge in [0.1, 0.15) is 12.7 Å². The lowest BCUT2D eigenvalue weighted by Gasteiger charge is -2.19. The van der Waals surface area contributed by atoms with E-state index in [-0.39, 0.29) is 6.61 Å². The maximum absolute atomic E-state index is 8.94. The third-order valence-electron chi connectivity index (χ3n) is 3.41. The zero-order chi connectivity index (χ0) is 15.1. The first-order chi connectivity index (χ1) is 10.2. The molecule has 1 aromatic carbocycles. The Morgan fingerprint density at radius 3 is 2.71 bits per heavy atom. The summed E-state index contributed by atoms with van der Waals surface area (Å²) in [6, 6.07) is 8.60. The van der Waals surface area contributed by atoms with Gasteiger partial charge in [0, 0.05) is 37.6 Å². The van der Waals surface area contributed by atoms with Crippen molar-refractivity contribution in [1.82, 2.24) is 14.8 Å². The van der Waals surface area contributed by atoms with E-state index in [9.17, 15) is 0 Å². The minimum atomic E-state index is 0.163. The third kappa shape index (κ3) is 4.75. The van der Waals surface area contributed by atoms with Gasteiger partial charge in [0.05, 0.1) is 6.61 Å². The Labute approximate surface area is 125 Å². The van der Waals surface area contributed by atoms with E-state index in [1.807, 2.05) is 16.6 Å². The average Bonchev–Trinajstić information content (AvgIpc) is 2.99. The topological polar surface area (TPSA) is 66.2 Å². The van der Waals surface area contributed by atoms with Crippen molar-refractivity contribution in [3.05, 3.63) is 36.9 Å². The lowest BCUT2D eigenvalue weighted by atomic mass is 10.2. The number of anilines is 2. The minimum absolute atomic E-state index is 0.163. The summed E-state index contributed by atoms with van der Waals surface area (Å²) in [4.78, 5) is 5.96. The van der Waals surface area contributed by atoms with Crippen LogP contribution >= 0.6 is 0 Å². The van der Waals surface area contributed by atoms with Crippen LogP contribution in [0.1, 0.15) is 13.3 Å². The van der Waals surface area contributed by atoms with E-state index in [2.05, 4.69) is 46.6 Å². The molecule has 114 valence electrons. The predicted octanol–water partition coefficient (Wildman–Crippen LogP) is 1.60. The average molecular weight is 289 g/mol. The molecule has 0 radical (unpaired) electrons. The summed E-state index contributed by atoms with van der Waals surface area (Å²) in [6.45, 7) is 3.81. The molecule has 0 saturated heterocycles. The Morgan fingerprint density at radius 2 is 2.10 bits per heavy atom. The van der Waals surface area contributed by atoms with E-state index in [4.69, 9.17) is 5.11 Å². The number of nitrogens with one attached hydrogen (secondary N) is 1. The number of aliphatic hydroxyl groups excluding tert-OH is 1. The number of aliphatic hydroxyl groups is 1. The molecule has 0 spiro atoms. The lowest BCUT2D eigenvalue weighted by molar-refractivity contribution is 0.304. The molecule has 0 fully saturated rings. The molecule has 2 rings (SSSR count). The van der Waals surface area contributed by atoms with Gasteiger partial charge in [0.25, 0.3) is 0 Å². The standard InChI is InChI=1S/C15H23N5O/c1-13(7-8-20-12-16-11-17-20)18-14-3-5-15(6-4-14)19(2)9-10-21/h3-6,11-13,18,21H,7-10H2,1-2H3. The van der Waals surface area contributed by atoms with Gasteiger partial charge in [-0.3, -0.25) is 4.68 Å². The molecule has 6 nitrogen and oxygen atoms in total. The summed E-state index contributed by atoms with van der Waals surface area (Å²) < 4.78 is 1.84. The summed E-state index contributed by atoms with van der Waals surface area (Å²) in [7, 11) is 1.97. The number of rotatable bonds is 8. The highest BCUT2D eigenvalue weighted by Gasteiger charge is 2.04. The van der Waals surface area contributed by atoms with Crippen LogP contribution in [0.15, 0.2) is 36.9 Å². The number of hydrogen-bond acceptors (Lipinski definition) is 5. The van der Waals surface area contributed by atoms with E-state index >= 15 is 0 Å². The number of benzene rings is 1. The van der Waals surface area contributed by atoms with Crippen molar-refractivity contribution in [3.8, 4) is 0 Å². The number of likely N-dealkylation sites (N-methyl/N-ethyl adjacent to an activating group) is 1. The summed E-state index contributed by atoms with van der Waals surface area (Å²) in [5.41, 5.74) is 2.20. The molecule has 2 N–H and O–H groups in total. The quantitative estimate of drug-likeness (QED) is 0.772. The van der Waals surface area contributed by atoms with Crippen LogP contribution in [0.3, 0.4) is 0 Å². The van der Waals surface area contributed by atoms with Gasteiger partial charge in [0.15, 0.2) is 0 Å². The summed E-state index contributed by atoms with van der Waals surface area (Å²) in [5, 5.41) is 16.5. The molecule has 1 aromatic heterocycles. The summed E-state index contributed by atoms with van der Waals surface area (Å²) in [6.07, 6.45) is 4.27. The molecule has 0 amide bonds. The summed E-state index contributed by atoms with van der Waals surface area (Å²) in [5.74, 6) is 0. The number of hydrogen-bond donors (Lipinski definition) is 2. The van der Waals surface area contributed by atoms with Crippen LogP contribution in [-0.4, -0.2) is 46.1 Å². The van der Waals surface area contributed by atoms with Gasteiger partial charge in [-0.2, -0.15) is 5.10 Å². The predicted molar refractivity (Wildman–Crippen MR) is 84.5 cm³/mol. The molecule has 1 unspecified atom stereocenters. The zero-order valence-electron chi connectivity index (χ0n) is 12.6. The van der Waals surface area contributed by atoms with Gasteiger partial charge in [-0.05, 0) is 37.6 Å². The van der Waals surface area contributed by atoms with Crippen LogP contribution in [-0.2, 0) is 6.54 Å². The zero-order valence-corrected chi connectivity index (χ0v) is 12.6. The second kappa shape index (κ2) is 7.64. The van der Waals surface area contributed by atoms with Crippen LogP contribution in [0.25, 0.3) is 0 Å². The molecule has 0 aliphatic carbocycles. The van der Waals surface area contributed by atoms with Crippen molar-refractivity contribution in [2.45, 2.75) is 25.9 Å². The number of aromatic nitrogens is 3. The minimum Gasteiger partial charge on any atom is -0.395 e. The Balaban J connectivity index is 1.82. The van der Waals surface area contributed by atoms with Gasteiger partial charge in [0.2, 0.25) is 0 Å². The van der Waals surface area contributed by atoms with E-state index in [1.165, 1.54) is 0 Å².